The Kier molecular flexibility index (Phi) is 2.45. The molecule has 2 aliphatic rings. The molecule has 0 saturated heterocycles. The Bertz CT molecular complexity index is 844. The largest absolute Gasteiger partial charge is 0.454 e. The summed E-state index contributed by atoms with van der Waals surface area (Å²) in [7, 11) is 0. The predicted molar refractivity (Wildman–Crippen MR) is 78.0 cm³/mol. The van der Waals surface area contributed by atoms with Gasteiger partial charge in [-0.25, -0.2) is 4.90 Å². The van der Waals surface area contributed by atoms with Crippen molar-refractivity contribution in [1.29, 1.82) is 0 Å². The average molecular weight is 294 g/mol. The minimum atomic E-state index is -0.460. The van der Waals surface area contributed by atoms with Gasteiger partial charge in [-0.1, -0.05) is 0 Å². The molecule has 2 heterocycles. The van der Waals surface area contributed by atoms with Crippen molar-refractivity contribution >= 4 is 23.2 Å². The molecule has 6 heteroatoms. The third-order valence-electron chi connectivity index (χ3n) is 3.67. The fourth-order valence-electron chi connectivity index (χ4n) is 2.62. The van der Waals surface area contributed by atoms with Gasteiger partial charge in [-0.2, -0.15) is 0 Å². The summed E-state index contributed by atoms with van der Waals surface area (Å²) in [5, 5.41) is 0. The van der Waals surface area contributed by atoms with E-state index in [9.17, 15) is 9.59 Å². The van der Waals surface area contributed by atoms with Crippen LogP contribution in [0, 0.1) is 6.92 Å². The molecule has 0 unspecified atom stereocenters. The summed E-state index contributed by atoms with van der Waals surface area (Å²) in [6, 6.07) is 7.67. The lowest BCUT2D eigenvalue weighted by molar-refractivity contribution is 0.0926. The van der Waals surface area contributed by atoms with E-state index in [0.29, 0.717) is 22.7 Å². The maximum Gasteiger partial charge on any atom is 0.266 e. The molecule has 0 aliphatic carbocycles. The van der Waals surface area contributed by atoms with Crippen LogP contribution in [0.15, 0.2) is 30.3 Å². The van der Waals surface area contributed by atoms with Crippen molar-refractivity contribution in [2.24, 2.45) is 0 Å². The summed E-state index contributed by atoms with van der Waals surface area (Å²) in [5.74, 6) is 0.0332. The van der Waals surface area contributed by atoms with E-state index in [1.165, 1.54) is 24.3 Å². The maximum atomic E-state index is 12.5. The Morgan fingerprint density at radius 3 is 2.45 bits per heavy atom. The molecule has 0 saturated carbocycles. The Labute approximate surface area is 126 Å². The first kappa shape index (κ1) is 12.7. The van der Waals surface area contributed by atoms with Gasteiger partial charge < -0.3 is 15.2 Å². The number of benzene rings is 2. The second-order valence-electron chi connectivity index (χ2n) is 5.02. The topological polar surface area (TPSA) is 81.9 Å². The first-order valence-corrected chi connectivity index (χ1v) is 6.53. The maximum absolute atomic E-state index is 12.5. The van der Waals surface area contributed by atoms with Crippen LogP contribution in [0.3, 0.4) is 0 Å². The van der Waals surface area contributed by atoms with E-state index in [1.54, 1.807) is 6.07 Å². The van der Waals surface area contributed by atoms with Gasteiger partial charge in [-0.3, -0.25) is 9.59 Å². The van der Waals surface area contributed by atoms with E-state index in [0.717, 1.165) is 4.90 Å². The number of hydrogen-bond donors (Lipinski definition) is 1. The van der Waals surface area contributed by atoms with Crippen LogP contribution < -0.4 is 20.1 Å². The zero-order valence-corrected chi connectivity index (χ0v) is 11.3. The molecule has 2 amide bonds. The van der Waals surface area contributed by atoms with Crippen molar-refractivity contribution in [1.82, 2.24) is 0 Å². The van der Waals surface area contributed by atoms with Gasteiger partial charge in [0, 0.05) is 18.7 Å². The Balaban J connectivity index is 1.85. The van der Waals surface area contributed by atoms with Crippen molar-refractivity contribution in [2.45, 2.75) is 0 Å². The molecular weight excluding hydrogens is 284 g/mol. The second kappa shape index (κ2) is 4.24. The zero-order chi connectivity index (χ0) is 15.4. The number of hydrogen-bond acceptors (Lipinski definition) is 5. The number of imide groups is 1. The van der Waals surface area contributed by atoms with E-state index in [-0.39, 0.29) is 23.6 Å². The van der Waals surface area contributed by atoms with Gasteiger partial charge in [-0.15, -0.1) is 0 Å². The summed E-state index contributed by atoms with van der Waals surface area (Å²) in [4.78, 5) is 26.1. The van der Waals surface area contributed by atoms with E-state index in [1.807, 2.05) is 0 Å². The van der Waals surface area contributed by atoms with Crippen LogP contribution in [0.25, 0.3) is 0 Å². The van der Waals surface area contributed by atoms with Gasteiger partial charge in [0.25, 0.3) is 11.8 Å². The first-order chi connectivity index (χ1) is 10.6. The van der Waals surface area contributed by atoms with Crippen molar-refractivity contribution in [3.63, 3.8) is 0 Å². The molecule has 2 N–H and O–H groups in total. The molecule has 0 aromatic heterocycles. The zero-order valence-electron chi connectivity index (χ0n) is 11.3. The molecular formula is C16H10N2O4. The minimum absolute atomic E-state index is 0.0802. The standard InChI is InChI=1S/C16H10N2O4/c1-8-4-13-14(22-7-21-13)6-12(8)18-15(19)10-3-2-9(17)5-11(10)16(18)20/h1-6H,7,17H2. The van der Waals surface area contributed by atoms with Gasteiger partial charge in [0.1, 0.15) is 0 Å². The summed E-state index contributed by atoms with van der Waals surface area (Å²) in [6.45, 7) is 6.04. The van der Waals surface area contributed by atoms with E-state index < -0.39 is 11.8 Å². The number of nitrogen functional groups attached to an aromatic ring is 1. The molecule has 2 aromatic carbocycles. The number of fused-ring (bicyclic) bond motifs is 2. The predicted octanol–water partition coefficient (Wildman–Crippen LogP) is 1.86. The number of anilines is 2. The van der Waals surface area contributed by atoms with Crippen molar-refractivity contribution in [3.8, 4) is 11.5 Å². The fraction of sp³-hybridized carbons (Fsp3) is 0.0625. The third kappa shape index (κ3) is 1.60. The highest BCUT2D eigenvalue weighted by Gasteiger charge is 2.38. The van der Waals surface area contributed by atoms with E-state index >= 15 is 0 Å². The molecule has 0 spiro atoms. The quantitative estimate of drug-likeness (QED) is 0.641. The minimum Gasteiger partial charge on any atom is -0.454 e. The second-order valence-corrected chi connectivity index (χ2v) is 5.02. The lowest BCUT2D eigenvalue weighted by atomic mass is 10.1. The highest BCUT2D eigenvalue weighted by Crippen LogP contribution is 2.40. The Morgan fingerprint density at radius 1 is 1.00 bits per heavy atom. The van der Waals surface area contributed by atoms with E-state index in [4.69, 9.17) is 22.1 Å². The van der Waals surface area contributed by atoms with Gasteiger partial charge in [-0.05, 0) is 29.8 Å². The molecule has 6 nitrogen and oxygen atoms in total. The number of carbonyl (C=O) groups excluding carboxylic acids is 2. The summed E-state index contributed by atoms with van der Waals surface area (Å²) in [6.07, 6.45) is 0. The number of rotatable bonds is 1. The van der Waals surface area contributed by atoms with Crippen molar-refractivity contribution < 1.29 is 19.1 Å². The SMILES string of the molecule is [CH]c1cc2c(cc1N1C(=O)c3ccc(N)cc3C1=O)OCO2. The first-order valence-electron chi connectivity index (χ1n) is 6.53. The molecule has 108 valence electrons. The molecule has 0 atom stereocenters. The van der Waals surface area contributed by atoms with Crippen molar-refractivity contribution in [3.05, 3.63) is 53.9 Å². The van der Waals surface area contributed by atoms with Gasteiger partial charge in [0.2, 0.25) is 6.79 Å². The lowest BCUT2D eigenvalue weighted by Gasteiger charge is -2.17. The normalized spacial score (nSPS) is 15.4. The van der Waals surface area contributed by atoms with E-state index in [2.05, 4.69) is 0 Å². The fourth-order valence-corrected chi connectivity index (χ4v) is 2.62. The number of amides is 2. The van der Waals surface area contributed by atoms with Crippen LogP contribution in [0.2, 0.25) is 0 Å². The van der Waals surface area contributed by atoms with Crippen LogP contribution >= 0.6 is 0 Å². The smallest absolute Gasteiger partial charge is 0.266 e. The molecule has 0 fully saturated rings. The van der Waals surface area contributed by atoms with Crippen LogP contribution in [-0.4, -0.2) is 18.6 Å². The average Bonchev–Trinajstić information content (AvgIpc) is 3.02. The van der Waals surface area contributed by atoms with Crippen LogP contribution in [0.4, 0.5) is 11.4 Å². The number of carbonyl (C=O) groups is 2. The molecule has 4 rings (SSSR count). The van der Waals surface area contributed by atoms with Crippen LogP contribution in [0.5, 0.6) is 11.5 Å². The monoisotopic (exact) mass is 294 g/mol. The number of ether oxygens (including phenoxy) is 2. The molecule has 2 aliphatic heterocycles. The van der Waals surface area contributed by atoms with Crippen LogP contribution in [-0.2, 0) is 0 Å². The number of nitrogens with two attached hydrogens (primary N) is 1. The Morgan fingerprint density at radius 2 is 1.68 bits per heavy atom. The van der Waals surface area contributed by atoms with Crippen LogP contribution in [0.1, 0.15) is 26.3 Å². The van der Waals surface area contributed by atoms with Gasteiger partial charge in [0.05, 0.1) is 16.8 Å². The molecule has 0 bridgehead atoms. The number of nitrogens with zero attached hydrogens (tertiary/aromatic N) is 1. The van der Waals surface area contributed by atoms with Crippen molar-refractivity contribution in [2.75, 3.05) is 17.4 Å². The molecule has 2 aromatic rings. The third-order valence-corrected chi connectivity index (χ3v) is 3.67. The van der Waals surface area contributed by atoms with Gasteiger partial charge in [0.15, 0.2) is 11.5 Å². The van der Waals surface area contributed by atoms with Gasteiger partial charge >= 0.3 is 0 Å². The lowest BCUT2D eigenvalue weighted by Crippen LogP contribution is -2.30. The highest BCUT2D eigenvalue weighted by atomic mass is 16.7. The highest BCUT2D eigenvalue weighted by molar-refractivity contribution is 6.35. The molecule has 2 radical (unpaired) electrons. The molecule has 22 heavy (non-hydrogen) atoms. The summed E-state index contributed by atoms with van der Waals surface area (Å²) < 4.78 is 10.5. The summed E-state index contributed by atoms with van der Waals surface area (Å²) in [5.41, 5.74) is 7.20. The Hall–Kier alpha value is -3.02. The summed E-state index contributed by atoms with van der Waals surface area (Å²) >= 11 is 0.